The van der Waals surface area contributed by atoms with E-state index in [-0.39, 0.29) is 0 Å². The first-order chi connectivity index (χ1) is 5.80. The van der Waals surface area contributed by atoms with Gasteiger partial charge in [0.1, 0.15) is 0 Å². The van der Waals surface area contributed by atoms with E-state index in [2.05, 4.69) is 48.7 Å². The van der Waals surface area contributed by atoms with E-state index in [1.807, 2.05) is 0 Å². The fraction of sp³-hybridized carbons (Fsp3) is 1.00. The van der Waals surface area contributed by atoms with Crippen molar-refractivity contribution in [2.24, 2.45) is 17.8 Å². The van der Waals surface area contributed by atoms with Crippen LogP contribution in [0.1, 0.15) is 34.6 Å². The van der Waals surface area contributed by atoms with Crippen LogP contribution in [0.3, 0.4) is 0 Å². The molecule has 1 nitrogen and oxygen atoms in total. The van der Waals surface area contributed by atoms with E-state index in [4.69, 9.17) is 0 Å². The number of rotatable bonds is 0. The first-order valence-electron chi connectivity index (χ1n) is 5.63. The van der Waals surface area contributed by atoms with Crippen LogP contribution < -0.4 is 0 Å². The number of hydrogen-bond donors (Lipinski definition) is 0. The minimum Gasteiger partial charge on any atom is -0.324 e. The van der Waals surface area contributed by atoms with E-state index in [1.165, 1.54) is 4.48 Å². The van der Waals surface area contributed by atoms with Gasteiger partial charge in [-0.15, -0.1) is 0 Å². The highest BCUT2D eigenvalue weighted by molar-refractivity contribution is 4.82. The standard InChI is InChI=1S/C12H26N/c1-8-9(2)11(4)13(6,7)12(5)10(8)3/h8-12H,1-7H3/q+1. The second-order valence-corrected chi connectivity index (χ2v) is 5.69. The summed E-state index contributed by atoms with van der Waals surface area (Å²) in [4.78, 5) is 0. The predicted molar refractivity (Wildman–Crippen MR) is 58.5 cm³/mol. The summed E-state index contributed by atoms with van der Waals surface area (Å²) in [7, 11) is 4.77. The quantitative estimate of drug-likeness (QED) is 0.508. The van der Waals surface area contributed by atoms with E-state index in [0.29, 0.717) is 0 Å². The predicted octanol–water partition coefficient (Wildman–Crippen LogP) is 2.76. The van der Waals surface area contributed by atoms with Crippen molar-refractivity contribution in [2.45, 2.75) is 46.7 Å². The van der Waals surface area contributed by atoms with Gasteiger partial charge in [-0.1, -0.05) is 20.8 Å². The molecule has 0 N–H and O–H groups in total. The highest BCUT2D eigenvalue weighted by atomic mass is 15.4. The molecule has 1 heteroatoms. The van der Waals surface area contributed by atoms with Crippen molar-refractivity contribution >= 4 is 0 Å². The zero-order valence-corrected chi connectivity index (χ0v) is 10.3. The molecule has 0 aromatic heterocycles. The third kappa shape index (κ3) is 1.52. The fourth-order valence-electron chi connectivity index (χ4n) is 2.94. The van der Waals surface area contributed by atoms with Gasteiger partial charge in [-0.25, -0.2) is 0 Å². The number of likely N-dealkylation sites (tertiary alicyclic amines) is 1. The molecule has 4 atom stereocenters. The summed E-state index contributed by atoms with van der Waals surface area (Å²) in [6, 6.07) is 1.59. The Labute approximate surface area is 83.7 Å². The lowest BCUT2D eigenvalue weighted by molar-refractivity contribution is -0.949. The number of piperidine rings is 1. The molecule has 1 rings (SSSR count). The van der Waals surface area contributed by atoms with Gasteiger partial charge in [0.05, 0.1) is 26.2 Å². The smallest absolute Gasteiger partial charge is 0.0888 e. The minimum absolute atomic E-state index is 0.793. The van der Waals surface area contributed by atoms with E-state index in [9.17, 15) is 0 Å². The number of nitrogens with zero attached hydrogens (tertiary/aromatic N) is 1. The Morgan fingerprint density at radius 3 is 1.23 bits per heavy atom. The lowest BCUT2D eigenvalue weighted by atomic mass is 9.72. The molecule has 1 saturated heterocycles. The van der Waals surface area contributed by atoms with Gasteiger partial charge in [0.25, 0.3) is 0 Å². The molecule has 1 fully saturated rings. The Hall–Kier alpha value is -0.0400. The molecule has 0 aromatic rings. The summed E-state index contributed by atoms with van der Waals surface area (Å²) < 4.78 is 1.19. The van der Waals surface area contributed by atoms with Gasteiger partial charge in [-0.3, -0.25) is 0 Å². The van der Waals surface area contributed by atoms with Gasteiger partial charge in [0, 0.05) is 11.8 Å². The third-order valence-corrected chi connectivity index (χ3v) is 5.28. The van der Waals surface area contributed by atoms with Crippen molar-refractivity contribution < 1.29 is 4.48 Å². The SMILES string of the molecule is CC1C(C)C(C)[N+](C)(C)C(C)C1C. The maximum atomic E-state index is 2.42. The number of hydrogen-bond acceptors (Lipinski definition) is 0. The molecule has 0 bridgehead atoms. The van der Waals surface area contributed by atoms with E-state index in [1.54, 1.807) is 0 Å². The summed E-state index contributed by atoms with van der Waals surface area (Å²) in [6.07, 6.45) is 0. The van der Waals surface area contributed by atoms with Crippen molar-refractivity contribution in [3.05, 3.63) is 0 Å². The molecule has 1 heterocycles. The largest absolute Gasteiger partial charge is 0.324 e. The molecule has 0 radical (unpaired) electrons. The van der Waals surface area contributed by atoms with Crippen molar-refractivity contribution in [1.82, 2.24) is 0 Å². The molecule has 13 heavy (non-hydrogen) atoms. The summed E-state index contributed by atoms with van der Waals surface area (Å²) >= 11 is 0. The van der Waals surface area contributed by atoms with Crippen LogP contribution in [0.25, 0.3) is 0 Å². The van der Waals surface area contributed by atoms with Gasteiger partial charge in [-0.2, -0.15) is 0 Å². The monoisotopic (exact) mass is 184 g/mol. The fourth-order valence-corrected chi connectivity index (χ4v) is 2.94. The van der Waals surface area contributed by atoms with Gasteiger partial charge >= 0.3 is 0 Å². The average molecular weight is 184 g/mol. The maximum absolute atomic E-state index is 2.42. The Bertz CT molecular complexity index is 168. The van der Waals surface area contributed by atoms with Crippen LogP contribution in [0.4, 0.5) is 0 Å². The molecular weight excluding hydrogens is 158 g/mol. The van der Waals surface area contributed by atoms with Crippen LogP contribution in [0, 0.1) is 17.8 Å². The van der Waals surface area contributed by atoms with Crippen LogP contribution in [0.2, 0.25) is 0 Å². The summed E-state index contributed by atoms with van der Waals surface area (Å²) in [5, 5.41) is 0. The first kappa shape index (κ1) is 11.0. The van der Waals surface area contributed by atoms with Crippen LogP contribution in [0.15, 0.2) is 0 Å². The highest BCUT2D eigenvalue weighted by Gasteiger charge is 2.46. The Balaban J connectivity index is 2.93. The van der Waals surface area contributed by atoms with Crippen molar-refractivity contribution in [3.8, 4) is 0 Å². The van der Waals surface area contributed by atoms with Crippen LogP contribution >= 0.6 is 0 Å². The first-order valence-corrected chi connectivity index (χ1v) is 5.63. The van der Waals surface area contributed by atoms with Crippen LogP contribution in [-0.2, 0) is 0 Å². The molecule has 0 saturated carbocycles. The third-order valence-electron chi connectivity index (χ3n) is 5.28. The topological polar surface area (TPSA) is 0 Å². The van der Waals surface area contributed by atoms with Crippen LogP contribution in [-0.4, -0.2) is 30.7 Å². The summed E-state index contributed by atoms with van der Waals surface area (Å²) in [5.41, 5.74) is 0. The molecule has 1 aliphatic heterocycles. The Morgan fingerprint density at radius 2 is 0.923 bits per heavy atom. The number of quaternary nitrogens is 1. The molecular formula is C12H26N+. The van der Waals surface area contributed by atoms with E-state index in [0.717, 1.165) is 29.8 Å². The minimum atomic E-state index is 0.793. The van der Waals surface area contributed by atoms with Crippen LogP contribution in [0.5, 0.6) is 0 Å². The van der Waals surface area contributed by atoms with Crippen molar-refractivity contribution in [3.63, 3.8) is 0 Å². The molecule has 78 valence electrons. The van der Waals surface area contributed by atoms with Crippen molar-refractivity contribution in [1.29, 1.82) is 0 Å². The normalized spacial score (nSPS) is 50.5. The lowest BCUT2D eigenvalue weighted by Gasteiger charge is -2.53. The second kappa shape index (κ2) is 3.27. The second-order valence-electron chi connectivity index (χ2n) is 5.69. The summed E-state index contributed by atoms with van der Waals surface area (Å²) in [6.45, 7) is 12.1. The Morgan fingerprint density at radius 1 is 0.615 bits per heavy atom. The molecule has 1 aliphatic rings. The molecule has 4 unspecified atom stereocenters. The maximum Gasteiger partial charge on any atom is 0.0888 e. The molecule has 0 spiro atoms. The van der Waals surface area contributed by atoms with Gasteiger partial charge in [-0.05, 0) is 19.8 Å². The molecule has 0 amide bonds. The van der Waals surface area contributed by atoms with Gasteiger partial charge in [0.2, 0.25) is 0 Å². The zero-order chi connectivity index (χ0) is 10.4. The van der Waals surface area contributed by atoms with Gasteiger partial charge in [0.15, 0.2) is 0 Å². The lowest BCUT2D eigenvalue weighted by Crippen LogP contribution is -2.63. The zero-order valence-electron chi connectivity index (χ0n) is 10.3. The molecule has 0 aromatic carbocycles. The molecule has 0 aliphatic carbocycles. The summed E-state index contributed by atoms with van der Waals surface area (Å²) in [5.74, 6) is 2.57. The van der Waals surface area contributed by atoms with Crippen molar-refractivity contribution in [2.75, 3.05) is 14.1 Å². The average Bonchev–Trinajstić information content (AvgIpc) is 2.09. The Kier molecular flexibility index (Phi) is 2.78. The van der Waals surface area contributed by atoms with E-state index < -0.39 is 0 Å². The van der Waals surface area contributed by atoms with Gasteiger partial charge < -0.3 is 4.48 Å². The van der Waals surface area contributed by atoms with E-state index >= 15 is 0 Å². The highest BCUT2D eigenvalue weighted by Crippen LogP contribution is 2.39.